The van der Waals surface area contributed by atoms with Crippen molar-refractivity contribution in [3.05, 3.63) is 33.4 Å². The van der Waals surface area contributed by atoms with E-state index in [1.54, 1.807) is 0 Å². The maximum Gasteiger partial charge on any atom is 0.337 e. The minimum absolute atomic E-state index is 0.0376. The summed E-state index contributed by atoms with van der Waals surface area (Å²) in [6, 6.07) is 2.99. The first-order valence-corrected chi connectivity index (χ1v) is 7.70. The van der Waals surface area contributed by atoms with Gasteiger partial charge < -0.3 is 24.8 Å². The number of esters is 1. The summed E-state index contributed by atoms with van der Waals surface area (Å²) < 4.78 is 9.77. The molecule has 1 aromatic carbocycles. The maximum atomic E-state index is 12.4. The first-order valence-electron chi connectivity index (χ1n) is 6.94. The second kappa shape index (κ2) is 7.74. The predicted molar refractivity (Wildman–Crippen MR) is 89.3 cm³/mol. The number of β-amino-alcohol motifs (C(OH)–C–C–N with tert-alkyl or cyclic N) is 1. The van der Waals surface area contributed by atoms with Gasteiger partial charge in [-0.15, -0.1) is 0 Å². The van der Waals surface area contributed by atoms with Crippen LogP contribution in [-0.2, 0) is 14.3 Å². The number of methoxy groups -OCH3 is 2. The molecule has 0 radical (unpaired) electrons. The van der Waals surface area contributed by atoms with Gasteiger partial charge in [0.2, 0.25) is 0 Å². The second-order valence-corrected chi connectivity index (χ2v) is 5.70. The summed E-state index contributed by atoms with van der Waals surface area (Å²) in [5.74, 6) is -0.691. The fraction of sp³-hybridized carbons (Fsp3) is 0.333. The van der Waals surface area contributed by atoms with Gasteiger partial charge in [0, 0.05) is 12.6 Å². The third-order valence-electron chi connectivity index (χ3n) is 3.45. The molecule has 2 N–H and O–H groups in total. The van der Waals surface area contributed by atoms with Gasteiger partial charge in [-0.2, -0.15) is 0 Å². The van der Waals surface area contributed by atoms with E-state index >= 15 is 0 Å². The summed E-state index contributed by atoms with van der Waals surface area (Å²) in [7, 11) is 2.68. The van der Waals surface area contributed by atoms with Gasteiger partial charge in [-0.25, -0.2) is 4.79 Å². The molecule has 0 spiro atoms. The Morgan fingerprint density at radius 2 is 2.04 bits per heavy atom. The highest BCUT2D eigenvalue weighted by molar-refractivity contribution is 6.36. The van der Waals surface area contributed by atoms with Crippen LogP contribution < -0.4 is 10.1 Å². The van der Waals surface area contributed by atoms with E-state index in [9.17, 15) is 9.59 Å². The van der Waals surface area contributed by atoms with E-state index in [1.807, 2.05) is 0 Å². The highest BCUT2D eigenvalue weighted by Crippen LogP contribution is 2.35. The topological polar surface area (TPSA) is 88.1 Å². The molecule has 0 aromatic heterocycles. The molecule has 0 atom stereocenters. The Kier molecular flexibility index (Phi) is 5.93. The molecule has 0 saturated heterocycles. The van der Waals surface area contributed by atoms with Crippen LogP contribution >= 0.6 is 23.2 Å². The van der Waals surface area contributed by atoms with Gasteiger partial charge in [0.25, 0.3) is 5.91 Å². The Morgan fingerprint density at radius 3 is 2.62 bits per heavy atom. The number of hydrogen-bond acceptors (Lipinski definition) is 6. The predicted octanol–water partition coefficient (Wildman–Crippen LogP) is 1.68. The van der Waals surface area contributed by atoms with Crippen LogP contribution in [0.25, 0.3) is 0 Å². The average Bonchev–Trinajstić information content (AvgIpc) is 2.87. The van der Waals surface area contributed by atoms with Crippen molar-refractivity contribution in [2.24, 2.45) is 0 Å². The molecule has 9 heteroatoms. The van der Waals surface area contributed by atoms with Crippen molar-refractivity contribution in [2.75, 3.05) is 39.2 Å². The number of nitrogens with zero attached hydrogens (tertiary/aromatic N) is 1. The van der Waals surface area contributed by atoms with Crippen LogP contribution in [0.5, 0.6) is 5.75 Å². The first kappa shape index (κ1) is 18.4. The molecule has 2 rings (SSSR count). The number of anilines is 1. The van der Waals surface area contributed by atoms with E-state index in [4.69, 9.17) is 37.8 Å². The van der Waals surface area contributed by atoms with Gasteiger partial charge in [0.05, 0.1) is 48.7 Å². The molecule has 1 amide bonds. The Labute approximate surface area is 148 Å². The number of rotatable bonds is 6. The molecule has 0 unspecified atom stereocenters. The molecule has 0 aliphatic carbocycles. The number of benzene rings is 1. The number of halogens is 2. The van der Waals surface area contributed by atoms with Crippen molar-refractivity contribution in [2.45, 2.75) is 0 Å². The molecule has 0 bridgehead atoms. The van der Waals surface area contributed by atoms with Crippen LogP contribution in [0.15, 0.2) is 23.4 Å². The molecule has 130 valence electrons. The van der Waals surface area contributed by atoms with Crippen molar-refractivity contribution in [3.8, 4) is 5.75 Å². The van der Waals surface area contributed by atoms with Gasteiger partial charge >= 0.3 is 5.97 Å². The monoisotopic (exact) mass is 374 g/mol. The second-order valence-electron chi connectivity index (χ2n) is 4.89. The minimum atomic E-state index is -0.637. The molecule has 1 aromatic rings. The fourth-order valence-corrected chi connectivity index (χ4v) is 2.71. The molecule has 0 saturated carbocycles. The highest BCUT2D eigenvalue weighted by Gasteiger charge is 2.34. The van der Waals surface area contributed by atoms with Crippen LogP contribution in [0.4, 0.5) is 5.69 Å². The van der Waals surface area contributed by atoms with Crippen LogP contribution in [0.3, 0.4) is 0 Å². The number of aliphatic hydroxyl groups is 1. The van der Waals surface area contributed by atoms with E-state index < -0.39 is 11.9 Å². The number of carbonyl (C=O) groups excluding carboxylic acids is 2. The zero-order valence-corrected chi connectivity index (χ0v) is 14.6. The van der Waals surface area contributed by atoms with Crippen LogP contribution in [0, 0.1) is 0 Å². The summed E-state index contributed by atoms with van der Waals surface area (Å²) >= 11 is 12.2. The number of nitrogens with one attached hydrogen (secondary N) is 1. The lowest BCUT2D eigenvalue weighted by Gasteiger charge is -2.15. The summed E-state index contributed by atoms with van der Waals surface area (Å²) in [4.78, 5) is 25.7. The number of amides is 1. The van der Waals surface area contributed by atoms with Crippen molar-refractivity contribution in [1.82, 2.24) is 4.90 Å². The standard InChI is InChI=1S/C15H16Cl2N2O5/c1-23-12-6-9(16)11(5-10(12)17)18-13-8(15(22)24-2)7-19(3-4-20)14(13)21/h5-6,18,20H,3-4,7H2,1-2H3. The Hall–Kier alpha value is -1.96. The lowest BCUT2D eigenvalue weighted by atomic mass is 10.2. The zero-order chi connectivity index (χ0) is 17.9. The normalized spacial score (nSPS) is 14.2. The Bertz CT molecular complexity index is 705. The SMILES string of the molecule is COC(=O)C1=C(Nc2cc(Cl)c(OC)cc2Cl)C(=O)N(CCO)C1. The summed E-state index contributed by atoms with van der Waals surface area (Å²) in [6.45, 7) is -0.0832. The van der Waals surface area contributed by atoms with Crippen molar-refractivity contribution in [3.63, 3.8) is 0 Å². The van der Waals surface area contributed by atoms with Gasteiger partial charge in [-0.3, -0.25) is 4.79 Å². The van der Waals surface area contributed by atoms with E-state index in [0.29, 0.717) is 16.5 Å². The van der Waals surface area contributed by atoms with Gasteiger partial charge in [0.1, 0.15) is 11.4 Å². The molecule has 24 heavy (non-hydrogen) atoms. The maximum absolute atomic E-state index is 12.4. The van der Waals surface area contributed by atoms with E-state index in [-0.39, 0.29) is 36.0 Å². The first-order chi connectivity index (χ1) is 11.4. The molecule has 0 fully saturated rings. The third-order valence-corrected chi connectivity index (χ3v) is 4.06. The summed E-state index contributed by atoms with van der Waals surface area (Å²) in [6.07, 6.45) is 0. The van der Waals surface area contributed by atoms with Gasteiger partial charge in [-0.05, 0) is 6.07 Å². The van der Waals surface area contributed by atoms with Gasteiger partial charge in [-0.1, -0.05) is 23.2 Å². The summed E-state index contributed by atoms with van der Waals surface area (Å²) in [5.41, 5.74) is 0.537. The highest BCUT2D eigenvalue weighted by atomic mass is 35.5. The molecular weight excluding hydrogens is 359 g/mol. The number of hydrogen-bond donors (Lipinski definition) is 2. The molecule has 1 aliphatic rings. The lowest BCUT2D eigenvalue weighted by Crippen LogP contribution is -2.31. The van der Waals surface area contributed by atoms with E-state index in [0.717, 1.165) is 0 Å². The quantitative estimate of drug-likeness (QED) is 0.736. The van der Waals surface area contributed by atoms with Crippen LogP contribution in [-0.4, -0.2) is 55.8 Å². The average molecular weight is 375 g/mol. The zero-order valence-electron chi connectivity index (χ0n) is 13.1. The number of aliphatic hydroxyl groups excluding tert-OH is 1. The number of carbonyl (C=O) groups is 2. The minimum Gasteiger partial charge on any atom is -0.495 e. The van der Waals surface area contributed by atoms with Crippen molar-refractivity contribution in [1.29, 1.82) is 0 Å². The lowest BCUT2D eigenvalue weighted by molar-refractivity contribution is -0.136. The third kappa shape index (κ3) is 3.58. The Balaban J connectivity index is 2.39. The largest absolute Gasteiger partial charge is 0.495 e. The van der Waals surface area contributed by atoms with Crippen LogP contribution in [0.1, 0.15) is 0 Å². The van der Waals surface area contributed by atoms with E-state index in [2.05, 4.69) is 5.32 Å². The molecule has 1 heterocycles. The molecular formula is C15H16Cl2N2O5. The van der Waals surface area contributed by atoms with E-state index in [1.165, 1.54) is 31.3 Å². The van der Waals surface area contributed by atoms with Crippen molar-refractivity contribution >= 4 is 40.8 Å². The molecule has 1 aliphatic heterocycles. The molecule has 7 nitrogen and oxygen atoms in total. The summed E-state index contributed by atoms with van der Waals surface area (Å²) in [5, 5.41) is 12.4. The number of ether oxygens (including phenoxy) is 2. The van der Waals surface area contributed by atoms with Crippen molar-refractivity contribution < 1.29 is 24.2 Å². The van der Waals surface area contributed by atoms with Crippen LogP contribution in [0.2, 0.25) is 10.0 Å². The smallest absolute Gasteiger partial charge is 0.337 e. The van der Waals surface area contributed by atoms with Gasteiger partial charge in [0.15, 0.2) is 0 Å². The Morgan fingerprint density at radius 1 is 1.33 bits per heavy atom. The fourth-order valence-electron chi connectivity index (χ4n) is 2.26.